The number of hydrogen-bond acceptors (Lipinski definition) is 4. The second kappa shape index (κ2) is 5.57. The number of anilines is 1. The maximum atomic E-state index is 12.3. The minimum absolute atomic E-state index is 0.0311. The van der Waals surface area contributed by atoms with Gasteiger partial charge in [-0.25, -0.2) is 13.4 Å². The van der Waals surface area contributed by atoms with E-state index in [0.29, 0.717) is 13.0 Å². The Labute approximate surface area is 114 Å². The van der Waals surface area contributed by atoms with E-state index in [4.69, 9.17) is 0 Å². The molecule has 0 amide bonds. The van der Waals surface area contributed by atoms with Crippen LogP contribution < -0.4 is 10.0 Å². The van der Waals surface area contributed by atoms with E-state index >= 15 is 0 Å². The molecule has 112 valence electrons. The highest BCUT2D eigenvalue weighted by Crippen LogP contribution is 2.28. The summed E-state index contributed by atoms with van der Waals surface area (Å²) in [5, 5.41) is 2.39. The maximum absolute atomic E-state index is 12.3. The Hall–Kier alpha value is -1.35. The molecule has 0 saturated carbocycles. The molecule has 9 heteroatoms. The topological polar surface area (TPSA) is 71.1 Å². The molecule has 1 aliphatic heterocycles. The first-order valence-electron chi connectivity index (χ1n) is 6.04. The van der Waals surface area contributed by atoms with E-state index in [-0.39, 0.29) is 5.69 Å². The molecule has 2 rings (SSSR count). The van der Waals surface area contributed by atoms with Crippen molar-refractivity contribution in [2.45, 2.75) is 24.3 Å². The number of piperidine rings is 1. The third-order valence-corrected chi connectivity index (χ3v) is 4.80. The van der Waals surface area contributed by atoms with Crippen molar-refractivity contribution in [1.29, 1.82) is 0 Å². The lowest BCUT2D eigenvalue weighted by atomic mass is 10.2. The molecule has 0 aliphatic carbocycles. The minimum atomic E-state index is -4.54. The molecule has 0 radical (unpaired) electrons. The van der Waals surface area contributed by atoms with Crippen LogP contribution in [0, 0.1) is 0 Å². The van der Waals surface area contributed by atoms with Crippen LogP contribution in [0.3, 0.4) is 0 Å². The molecule has 1 fully saturated rings. The van der Waals surface area contributed by atoms with Crippen LogP contribution in [-0.2, 0) is 16.2 Å². The van der Waals surface area contributed by atoms with Crippen molar-refractivity contribution >= 4 is 15.7 Å². The monoisotopic (exact) mass is 309 g/mol. The van der Waals surface area contributed by atoms with Gasteiger partial charge in [0, 0.05) is 6.54 Å². The summed E-state index contributed by atoms with van der Waals surface area (Å²) >= 11 is 0. The predicted molar refractivity (Wildman–Crippen MR) is 67.7 cm³/mol. The fourth-order valence-corrected chi connectivity index (χ4v) is 3.38. The van der Waals surface area contributed by atoms with Crippen molar-refractivity contribution in [1.82, 2.24) is 10.3 Å². The second-order valence-electron chi connectivity index (χ2n) is 4.55. The van der Waals surface area contributed by atoms with Crippen molar-refractivity contribution in [3.8, 4) is 0 Å². The summed E-state index contributed by atoms with van der Waals surface area (Å²) in [6.45, 7) is 1.11. The van der Waals surface area contributed by atoms with E-state index in [0.717, 1.165) is 31.3 Å². The molecule has 0 spiro atoms. The summed E-state index contributed by atoms with van der Waals surface area (Å²) in [6.07, 6.45) is -2.39. The Morgan fingerprint density at radius 1 is 1.35 bits per heavy atom. The summed E-state index contributed by atoms with van der Waals surface area (Å²) in [6, 6.07) is 1.81. The number of aromatic nitrogens is 1. The van der Waals surface area contributed by atoms with E-state index in [2.05, 4.69) is 15.0 Å². The van der Waals surface area contributed by atoms with E-state index < -0.39 is 27.1 Å². The molecular weight excluding hydrogens is 295 g/mol. The summed E-state index contributed by atoms with van der Waals surface area (Å²) in [5.41, 5.74) is -1.02. The number of nitrogens with zero attached hydrogens (tertiary/aromatic N) is 1. The molecule has 1 aromatic rings. The van der Waals surface area contributed by atoms with Crippen LogP contribution in [0.1, 0.15) is 18.5 Å². The fourth-order valence-electron chi connectivity index (χ4n) is 1.95. The van der Waals surface area contributed by atoms with Gasteiger partial charge in [0.15, 0.2) is 0 Å². The lowest BCUT2D eigenvalue weighted by Crippen LogP contribution is -2.41. The molecule has 0 aromatic carbocycles. The Balaban J connectivity index is 2.09. The second-order valence-corrected chi connectivity index (χ2v) is 6.51. The molecular formula is C11H14F3N3O2S. The number of rotatable bonds is 3. The Kier molecular flexibility index (Phi) is 4.19. The first kappa shape index (κ1) is 15.0. The van der Waals surface area contributed by atoms with Crippen LogP contribution in [-0.4, -0.2) is 31.7 Å². The molecule has 1 aliphatic rings. The van der Waals surface area contributed by atoms with Crippen molar-refractivity contribution in [2.24, 2.45) is 0 Å². The van der Waals surface area contributed by atoms with E-state index in [1.54, 1.807) is 0 Å². The zero-order valence-electron chi connectivity index (χ0n) is 10.4. The van der Waals surface area contributed by atoms with E-state index in [1.807, 2.05) is 0 Å². The van der Waals surface area contributed by atoms with Crippen molar-refractivity contribution in [3.63, 3.8) is 0 Å². The van der Waals surface area contributed by atoms with Gasteiger partial charge in [0.2, 0.25) is 10.0 Å². The molecule has 1 aromatic heterocycles. The molecule has 20 heavy (non-hydrogen) atoms. The molecule has 1 unspecified atom stereocenters. The van der Waals surface area contributed by atoms with E-state index in [9.17, 15) is 21.6 Å². The van der Waals surface area contributed by atoms with Gasteiger partial charge in [0.05, 0.1) is 17.1 Å². The number of pyridine rings is 1. The van der Waals surface area contributed by atoms with Crippen LogP contribution >= 0.6 is 0 Å². The molecule has 2 N–H and O–H groups in total. The normalized spacial score (nSPS) is 20.6. The highest BCUT2D eigenvalue weighted by atomic mass is 32.2. The van der Waals surface area contributed by atoms with Gasteiger partial charge in [-0.1, -0.05) is 0 Å². The number of halogens is 3. The van der Waals surface area contributed by atoms with Crippen molar-refractivity contribution < 1.29 is 21.6 Å². The summed E-state index contributed by atoms with van der Waals surface area (Å²) in [7, 11) is -3.62. The van der Waals surface area contributed by atoms with Crippen LogP contribution in [0.25, 0.3) is 0 Å². The molecule has 1 atom stereocenters. The van der Waals surface area contributed by atoms with Gasteiger partial charge in [-0.05, 0) is 31.5 Å². The van der Waals surface area contributed by atoms with Crippen LogP contribution in [0.4, 0.5) is 18.9 Å². The SMILES string of the molecule is O=S(=O)(Nc1ccc(C(F)(F)F)nc1)C1CCCNC1. The van der Waals surface area contributed by atoms with Crippen molar-refractivity contribution in [2.75, 3.05) is 17.8 Å². The number of sulfonamides is 1. The zero-order valence-corrected chi connectivity index (χ0v) is 11.3. The van der Waals surface area contributed by atoms with Gasteiger partial charge in [0.25, 0.3) is 0 Å². The van der Waals surface area contributed by atoms with Crippen LogP contribution in [0.2, 0.25) is 0 Å². The smallest absolute Gasteiger partial charge is 0.315 e. The number of hydrogen-bond donors (Lipinski definition) is 2. The largest absolute Gasteiger partial charge is 0.433 e. The van der Waals surface area contributed by atoms with Crippen molar-refractivity contribution in [3.05, 3.63) is 24.0 Å². The van der Waals surface area contributed by atoms with Gasteiger partial charge in [-0.3, -0.25) is 4.72 Å². The summed E-state index contributed by atoms with van der Waals surface area (Å²) in [4.78, 5) is 3.21. The Morgan fingerprint density at radius 2 is 2.10 bits per heavy atom. The quantitative estimate of drug-likeness (QED) is 0.889. The minimum Gasteiger partial charge on any atom is -0.315 e. The van der Waals surface area contributed by atoms with Gasteiger partial charge >= 0.3 is 6.18 Å². The average molecular weight is 309 g/mol. The first-order chi connectivity index (χ1) is 9.29. The average Bonchev–Trinajstić information content (AvgIpc) is 2.39. The molecule has 1 saturated heterocycles. The molecule has 5 nitrogen and oxygen atoms in total. The van der Waals surface area contributed by atoms with Gasteiger partial charge in [-0.2, -0.15) is 13.2 Å². The Morgan fingerprint density at radius 3 is 2.60 bits per heavy atom. The predicted octanol–water partition coefficient (Wildman–Crippen LogP) is 1.59. The highest BCUT2D eigenvalue weighted by molar-refractivity contribution is 7.93. The first-order valence-corrected chi connectivity index (χ1v) is 7.59. The van der Waals surface area contributed by atoms with Gasteiger partial charge < -0.3 is 5.32 Å². The summed E-state index contributed by atoms with van der Waals surface area (Å²) < 4.78 is 63.4. The lowest BCUT2D eigenvalue weighted by molar-refractivity contribution is -0.141. The lowest BCUT2D eigenvalue weighted by Gasteiger charge is -2.23. The third-order valence-electron chi connectivity index (χ3n) is 3.00. The number of nitrogens with one attached hydrogen (secondary N) is 2. The van der Waals surface area contributed by atoms with Crippen LogP contribution in [0.15, 0.2) is 18.3 Å². The Bertz CT molecular complexity index is 551. The summed E-state index contributed by atoms with van der Waals surface area (Å²) in [5.74, 6) is 0. The standard InChI is InChI=1S/C11H14F3N3O2S/c12-11(13,14)10-4-3-8(6-16-10)17-20(18,19)9-2-1-5-15-7-9/h3-4,6,9,15,17H,1-2,5,7H2. The highest BCUT2D eigenvalue weighted by Gasteiger charge is 2.32. The fraction of sp³-hybridized carbons (Fsp3) is 0.545. The van der Waals surface area contributed by atoms with Gasteiger partial charge in [-0.15, -0.1) is 0 Å². The van der Waals surface area contributed by atoms with E-state index in [1.165, 1.54) is 0 Å². The molecule has 0 bridgehead atoms. The van der Waals surface area contributed by atoms with Crippen LogP contribution in [0.5, 0.6) is 0 Å². The zero-order chi connectivity index (χ0) is 14.8. The van der Waals surface area contributed by atoms with Gasteiger partial charge in [0.1, 0.15) is 5.69 Å². The third kappa shape index (κ3) is 3.60. The number of alkyl halides is 3. The molecule has 2 heterocycles. The maximum Gasteiger partial charge on any atom is 0.433 e.